The van der Waals surface area contributed by atoms with Crippen molar-refractivity contribution in [2.24, 2.45) is 4.99 Å². The molecule has 0 aliphatic heterocycles. The molecule has 124 valence electrons. The van der Waals surface area contributed by atoms with Crippen LogP contribution in [0.5, 0.6) is 0 Å². The molecule has 0 heterocycles. The van der Waals surface area contributed by atoms with Crippen LogP contribution in [0, 0.1) is 6.92 Å². The highest BCUT2D eigenvalue weighted by atomic mass is 32.7. The highest BCUT2D eigenvalue weighted by molar-refractivity contribution is 8.57. The first kappa shape index (κ1) is 19.3. The lowest BCUT2D eigenvalue weighted by molar-refractivity contribution is 0.532. The van der Waals surface area contributed by atoms with Crippen LogP contribution in [0.4, 0.5) is 5.69 Å². The summed E-state index contributed by atoms with van der Waals surface area (Å²) < 4.78 is 15.1. The highest BCUT2D eigenvalue weighted by Crippen LogP contribution is 2.59. The Morgan fingerprint density at radius 2 is 1.95 bits per heavy atom. The summed E-state index contributed by atoms with van der Waals surface area (Å²) in [6.07, 6.45) is 2.70. The van der Waals surface area contributed by atoms with E-state index in [4.69, 9.17) is 0 Å². The first-order chi connectivity index (χ1) is 10.4. The van der Waals surface area contributed by atoms with Crippen molar-refractivity contribution in [2.75, 3.05) is 13.1 Å². The van der Waals surface area contributed by atoms with Crippen molar-refractivity contribution in [1.29, 1.82) is 0 Å². The van der Waals surface area contributed by atoms with Crippen LogP contribution in [0.25, 0.3) is 0 Å². The molecule has 6 heteroatoms. The van der Waals surface area contributed by atoms with Gasteiger partial charge in [0.25, 0.3) is 6.65 Å². The van der Waals surface area contributed by atoms with E-state index in [0.717, 1.165) is 12.1 Å². The fourth-order valence-electron chi connectivity index (χ4n) is 1.81. The van der Waals surface area contributed by atoms with E-state index >= 15 is 0 Å². The minimum atomic E-state index is -2.70. The van der Waals surface area contributed by atoms with Crippen molar-refractivity contribution in [3.63, 3.8) is 0 Å². The summed E-state index contributed by atoms with van der Waals surface area (Å²) in [7, 11) is 0. The highest BCUT2D eigenvalue weighted by Gasteiger charge is 2.29. The molecule has 0 aliphatic carbocycles. The minimum absolute atomic E-state index is 0.340. The quantitative estimate of drug-likeness (QED) is 0.380. The molecule has 0 aromatic heterocycles. The molecule has 0 saturated heterocycles. The van der Waals surface area contributed by atoms with E-state index in [-0.39, 0.29) is 0 Å². The van der Waals surface area contributed by atoms with Crippen LogP contribution >= 0.6 is 18.0 Å². The maximum atomic E-state index is 13.3. The smallest absolute Gasteiger partial charge is 0.293 e. The van der Waals surface area contributed by atoms with Crippen molar-refractivity contribution < 1.29 is 4.57 Å². The van der Waals surface area contributed by atoms with E-state index in [9.17, 15) is 4.57 Å². The summed E-state index contributed by atoms with van der Waals surface area (Å²) in [5.41, 5.74) is 2.08. The summed E-state index contributed by atoms with van der Waals surface area (Å²) in [6, 6.07) is 8.00. The van der Waals surface area contributed by atoms with E-state index in [1.54, 1.807) is 6.34 Å². The summed E-state index contributed by atoms with van der Waals surface area (Å²) in [5.74, 6) is 0. The Kier molecular flexibility index (Phi) is 8.23. The van der Waals surface area contributed by atoms with Crippen molar-refractivity contribution in [3.8, 4) is 0 Å². The van der Waals surface area contributed by atoms with Crippen molar-refractivity contribution >= 4 is 30.1 Å². The standard InChI is InChI=1S/C16H28N3OPS/c1-6-15(5)22-21(20,18-7-2)19(8-3)13-17-16-11-9-14(4)10-12-16/h9-13,15H,6-8H2,1-5H3,(H,18,20). The number of rotatable bonds is 9. The number of benzene rings is 1. The number of hydrogen-bond donors (Lipinski definition) is 1. The van der Waals surface area contributed by atoms with Gasteiger partial charge < -0.3 is 0 Å². The van der Waals surface area contributed by atoms with E-state index in [0.29, 0.717) is 18.3 Å². The zero-order valence-electron chi connectivity index (χ0n) is 14.2. The molecule has 0 spiro atoms. The van der Waals surface area contributed by atoms with Gasteiger partial charge in [-0.3, -0.25) is 9.24 Å². The molecule has 0 radical (unpaired) electrons. The summed E-state index contributed by atoms with van der Waals surface area (Å²) in [4.78, 5) is 4.48. The van der Waals surface area contributed by atoms with Gasteiger partial charge in [0.1, 0.15) is 0 Å². The van der Waals surface area contributed by atoms with Crippen LogP contribution in [0.15, 0.2) is 29.3 Å². The average molecular weight is 341 g/mol. The minimum Gasteiger partial charge on any atom is -0.294 e. The van der Waals surface area contributed by atoms with Crippen LogP contribution < -0.4 is 5.09 Å². The molecule has 4 nitrogen and oxygen atoms in total. The van der Waals surface area contributed by atoms with Crippen LogP contribution in [-0.2, 0) is 4.57 Å². The van der Waals surface area contributed by atoms with Gasteiger partial charge in [-0.15, -0.1) is 0 Å². The zero-order chi connectivity index (χ0) is 16.6. The third-order valence-corrected chi connectivity index (χ3v) is 9.00. The monoisotopic (exact) mass is 341 g/mol. The van der Waals surface area contributed by atoms with Crippen molar-refractivity contribution in [3.05, 3.63) is 29.8 Å². The number of aliphatic imine (C=N–C) groups is 1. The molecule has 22 heavy (non-hydrogen) atoms. The van der Waals surface area contributed by atoms with E-state index < -0.39 is 6.65 Å². The predicted molar refractivity (Wildman–Crippen MR) is 100 cm³/mol. The SMILES string of the molecule is CCNP(=O)(SC(C)CC)N(C=Nc1ccc(C)cc1)CC. The average Bonchev–Trinajstić information content (AvgIpc) is 2.49. The largest absolute Gasteiger partial charge is 0.294 e. The molecule has 2 unspecified atom stereocenters. The third-order valence-electron chi connectivity index (χ3n) is 3.29. The van der Waals surface area contributed by atoms with Gasteiger partial charge in [0.05, 0.1) is 12.0 Å². The first-order valence-corrected chi connectivity index (χ1v) is 11.0. The van der Waals surface area contributed by atoms with Crippen LogP contribution in [0.2, 0.25) is 0 Å². The first-order valence-electron chi connectivity index (χ1n) is 7.86. The second-order valence-corrected chi connectivity index (χ2v) is 10.2. The molecule has 0 bridgehead atoms. The van der Waals surface area contributed by atoms with E-state index in [2.05, 4.69) is 23.9 Å². The topological polar surface area (TPSA) is 44.7 Å². The van der Waals surface area contributed by atoms with Crippen molar-refractivity contribution in [2.45, 2.75) is 46.3 Å². The Morgan fingerprint density at radius 3 is 2.45 bits per heavy atom. The molecule has 1 rings (SSSR count). The number of nitrogens with zero attached hydrogens (tertiary/aromatic N) is 2. The summed E-state index contributed by atoms with van der Waals surface area (Å²) >= 11 is 1.52. The lowest BCUT2D eigenvalue weighted by Gasteiger charge is -2.30. The second kappa shape index (κ2) is 9.39. The molecule has 0 saturated carbocycles. The normalized spacial score (nSPS) is 15.7. The van der Waals surface area contributed by atoms with E-state index in [1.807, 2.05) is 49.7 Å². The fourth-order valence-corrected chi connectivity index (χ4v) is 7.14. The number of nitrogens with one attached hydrogen (secondary N) is 1. The zero-order valence-corrected chi connectivity index (χ0v) is 16.0. The molecule has 2 atom stereocenters. The van der Waals surface area contributed by atoms with Gasteiger partial charge >= 0.3 is 0 Å². The van der Waals surface area contributed by atoms with Crippen LogP contribution in [-0.4, -0.2) is 29.3 Å². The Morgan fingerprint density at radius 1 is 1.32 bits per heavy atom. The molecular weight excluding hydrogens is 313 g/mol. The summed E-state index contributed by atoms with van der Waals surface area (Å²) in [6.45, 7) is 8.89. The molecule has 1 aromatic carbocycles. The molecule has 0 fully saturated rings. The maximum Gasteiger partial charge on any atom is 0.293 e. The lowest BCUT2D eigenvalue weighted by atomic mass is 10.2. The maximum absolute atomic E-state index is 13.3. The molecule has 1 N–H and O–H groups in total. The fraction of sp³-hybridized carbons (Fsp3) is 0.562. The Balaban J connectivity index is 2.93. The molecule has 0 aliphatic rings. The molecule has 1 aromatic rings. The third kappa shape index (κ3) is 5.79. The second-order valence-electron chi connectivity index (χ2n) is 5.19. The summed E-state index contributed by atoms with van der Waals surface area (Å²) in [5, 5.41) is 3.51. The van der Waals surface area contributed by atoms with Gasteiger partial charge in [0, 0.05) is 18.3 Å². The lowest BCUT2D eigenvalue weighted by Crippen LogP contribution is -2.26. The van der Waals surface area contributed by atoms with E-state index in [1.165, 1.54) is 16.9 Å². The van der Waals surface area contributed by atoms with Crippen LogP contribution in [0.1, 0.15) is 39.7 Å². The number of aryl methyl sites for hydroxylation is 1. The van der Waals surface area contributed by atoms with Gasteiger partial charge in [0.15, 0.2) is 0 Å². The number of hydrogen-bond acceptors (Lipinski definition) is 3. The Hall–Kier alpha value is -0.770. The van der Waals surface area contributed by atoms with Crippen molar-refractivity contribution in [1.82, 2.24) is 9.76 Å². The van der Waals surface area contributed by atoms with Gasteiger partial charge in [-0.25, -0.2) is 10.1 Å². The Bertz CT molecular complexity index is 519. The van der Waals surface area contributed by atoms with Gasteiger partial charge in [-0.05, 0) is 32.4 Å². The Labute approximate surface area is 139 Å². The van der Waals surface area contributed by atoms with Gasteiger partial charge in [-0.1, -0.05) is 49.8 Å². The van der Waals surface area contributed by atoms with Gasteiger partial charge in [-0.2, -0.15) is 0 Å². The van der Waals surface area contributed by atoms with Gasteiger partial charge in [0.2, 0.25) is 0 Å². The molecule has 0 amide bonds. The van der Waals surface area contributed by atoms with Crippen LogP contribution in [0.3, 0.4) is 0 Å². The predicted octanol–water partition coefficient (Wildman–Crippen LogP) is 5.23. The molecular formula is C16H28N3OPS.